The Kier molecular flexibility index (Phi) is 2.83. The fourth-order valence-corrected chi connectivity index (χ4v) is 1.74. The zero-order valence-electron chi connectivity index (χ0n) is 8.99. The fraction of sp³-hybridized carbons (Fsp3) is 0.800. The Hall–Kier alpha value is -1.06. The molecule has 1 aliphatic rings. The molecule has 0 aromatic rings. The Morgan fingerprint density at radius 1 is 1.57 bits per heavy atom. The highest BCUT2D eigenvalue weighted by Gasteiger charge is 2.53. The fourth-order valence-electron chi connectivity index (χ4n) is 1.74. The van der Waals surface area contributed by atoms with Crippen LogP contribution in [0.3, 0.4) is 0 Å². The van der Waals surface area contributed by atoms with Crippen molar-refractivity contribution >= 4 is 11.9 Å². The first kappa shape index (κ1) is 11.0. The van der Waals surface area contributed by atoms with E-state index in [1.807, 2.05) is 13.8 Å². The van der Waals surface area contributed by atoms with Gasteiger partial charge in [-0.1, -0.05) is 13.8 Å². The average Bonchev–Trinajstić information content (AvgIpc) is 2.19. The molecule has 1 rings (SSSR count). The molecule has 1 aliphatic heterocycles. The third-order valence-corrected chi connectivity index (χ3v) is 3.28. The lowest BCUT2D eigenvalue weighted by Gasteiger charge is -2.38. The molecule has 0 aromatic carbocycles. The van der Waals surface area contributed by atoms with Crippen LogP contribution in [0.2, 0.25) is 0 Å². The van der Waals surface area contributed by atoms with Crippen LogP contribution in [0.15, 0.2) is 0 Å². The topological polar surface area (TPSA) is 52.6 Å². The van der Waals surface area contributed by atoms with Crippen LogP contribution < -0.4 is 0 Å². The molecule has 1 fully saturated rings. The number of carbonyl (C=O) groups excluding carboxylic acids is 2. The van der Waals surface area contributed by atoms with E-state index in [-0.39, 0.29) is 11.8 Å². The molecule has 0 radical (unpaired) electrons. The first-order chi connectivity index (χ1) is 6.44. The molecule has 0 aliphatic carbocycles. The van der Waals surface area contributed by atoms with Crippen molar-refractivity contribution < 1.29 is 19.1 Å². The minimum atomic E-state index is -1.15. The minimum Gasteiger partial charge on any atom is -0.468 e. The Balaban J connectivity index is 3.01. The molecule has 14 heavy (non-hydrogen) atoms. The molecule has 0 unspecified atom stereocenters. The number of hydrogen-bond acceptors (Lipinski definition) is 4. The largest absolute Gasteiger partial charge is 0.468 e. The van der Waals surface area contributed by atoms with Gasteiger partial charge in [-0.25, -0.2) is 0 Å². The summed E-state index contributed by atoms with van der Waals surface area (Å²) in [6.45, 7) is 5.80. The maximum absolute atomic E-state index is 11.5. The summed E-state index contributed by atoms with van der Waals surface area (Å²) in [4.78, 5) is 23.1. The van der Waals surface area contributed by atoms with Crippen LogP contribution in [0, 0.1) is 17.3 Å². The third-order valence-electron chi connectivity index (χ3n) is 3.28. The SMILES string of the molecule is COC(=O)[C@]1(C)C(=O)OC[C@H](C)[C@H]1C. The Labute approximate surface area is 83.6 Å². The molecule has 0 saturated carbocycles. The van der Waals surface area contributed by atoms with Gasteiger partial charge in [0, 0.05) is 0 Å². The summed E-state index contributed by atoms with van der Waals surface area (Å²) < 4.78 is 9.60. The smallest absolute Gasteiger partial charge is 0.323 e. The van der Waals surface area contributed by atoms with Crippen LogP contribution in [-0.2, 0) is 19.1 Å². The lowest BCUT2D eigenvalue weighted by Crippen LogP contribution is -2.51. The molecule has 0 spiro atoms. The van der Waals surface area contributed by atoms with E-state index in [2.05, 4.69) is 4.74 Å². The van der Waals surface area contributed by atoms with Gasteiger partial charge in [-0.15, -0.1) is 0 Å². The molecule has 1 saturated heterocycles. The number of ether oxygens (including phenoxy) is 2. The van der Waals surface area contributed by atoms with Gasteiger partial charge in [-0.2, -0.15) is 0 Å². The number of cyclic esters (lactones) is 1. The van der Waals surface area contributed by atoms with Gasteiger partial charge < -0.3 is 9.47 Å². The van der Waals surface area contributed by atoms with Crippen molar-refractivity contribution in [1.29, 1.82) is 0 Å². The van der Waals surface area contributed by atoms with Crippen LogP contribution in [0.25, 0.3) is 0 Å². The molecule has 1 heterocycles. The van der Waals surface area contributed by atoms with Crippen molar-refractivity contribution in [2.45, 2.75) is 20.8 Å². The number of carbonyl (C=O) groups is 2. The number of rotatable bonds is 1. The Bertz CT molecular complexity index is 251. The van der Waals surface area contributed by atoms with Gasteiger partial charge in [0.2, 0.25) is 0 Å². The van der Waals surface area contributed by atoms with Crippen LogP contribution in [-0.4, -0.2) is 25.7 Å². The van der Waals surface area contributed by atoms with Crippen LogP contribution >= 0.6 is 0 Å². The van der Waals surface area contributed by atoms with Crippen molar-refractivity contribution in [3.8, 4) is 0 Å². The van der Waals surface area contributed by atoms with Gasteiger partial charge in [0.15, 0.2) is 5.41 Å². The zero-order valence-corrected chi connectivity index (χ0v) is 8.99. The lowest BCUT2D eigenvalue weighted by molar-refractivity contribution is -0.184. The van der Waals surface area contributed by atoms with Crippen molar-refractivity contribution in [2.75, 3.05) is 13.7 Å². The van der Waals surface area contributed by atoms with E-state index >= 15 is 0 Å². The minimum absolute atomic E-state index is 0.0591. The molecule has 0 N–H and O–H groups in total. The maximum atomic E-state index is 11.5. The van der Waals surface area contributed by atoms with E-state index in [4.69, 9.17) is 4.74 Å². The second-order valence-corrected chi connectivity index (χ2v) is 4.06. The third kappa shape index (κ3) is 1.38. The quantitative estimate of drug-likeness (QED) is 0.468. The van der Waals surface area contributed by atoms with Crippen molar-refractivity contribution in [2.24, 2.45) is 17.3 Å². The predicted molar refractivity (Wildman–Crippen MR) is 49.4 cm³/mol. The van der Waals surface area contributed by atoms with Gasteiger partial charge in [0.05, 0.1) is 13.7 Å². The summed E-state index contributed by atoms with van der Waals surface area (Å²) in [5.74, 6) is -0.871. The normalized spacial score (nSPS) is 37.6. The highest BCUT2D eigenvalue weighted by molar-refractivity contribution is 6.00. The monoisotopic (exact) mass is 200 g/mol. The number of hydrogen-bond donors (Lipinski definition) is 0. The lowest BCUT2D eigenvalue weighted by atomic mass is 9.70. The van der Waals surface area contributed by atoms with E-state index in [0.29, 0.717) is 6.61 Å². The average molecular weight is 200 g/mol. The Morgan fingerprint density at radius 3 is 2.64 bits per heavy atom. The summed E-state index contributed by atoms with van der Waals surface area (Å²) in [5.41, 5.74) is -1.15. The predicted octanol–water partition coefficient (Wildman–Crippen LogP) is 0.995. The molecule has 80 valence electrons. The standard InChI is InChI=1S/C10H16O4/c1-6-5-14-9(12)10(3,7(6)2)8(11)13-4/h6-7H,5H2,1-4H3/t6-,7+,10+/m0/s1. The van der Waals surface area contributed by atoms with Gasteiger partial charge in [0.1, 0.15) is 0 Å². The summed E-state index contributed by atoms with van der Waals surface area (Å²) in [6, 6.07) is 0. The first-order valence-corrected chi connectivity index (χ1v) is 4.70. The molecular formula is C10H16O4. The molecule has 0 aromatic heterocycles. The molecular weight excluding hydrogens is 184 g/mol. The van der Waals surface area contributed by atoms with E-state index < -0.39 is 17.4 Å². The van der Waals surface area contributed by atoms with E-state index in [1.165, 1.54) is 7.11 Å². The van der Waals surface area contributed by atoms with Crippen molar-refractivity contribution in [1.82, 2.24) is 0 Å². The van der Waals surface area contributed by atoms with Crippen LogP contribution in [0.5, 0.6) is 0 Å². The second-order valence-electron chi connectivity index (χ2n) is 4.06. The second kappa shape index (κ2) is 3.59. The van der Waals surface area contributed by atoms with E-state index in [1.54, 1.807) is 6.92 Å². The highest BCUT2D eigenvalue weighted by Crippen LogP contribution is 2.39. The van der Waals surface area contributed by atoms with Crippen LogP contribution in [0.4, 0.5) is 0 Å². The highest BCUT2D eigenvalue weighted by atomic mass is 16.6. The van der Waals surface area contributed by atoms with E-state index in [9.17, 15) is 9.59 Å². The number of methoxy groups -OCH3 is 1. The summed E-state index contributed by atoms with van der Waals surface area (Å²) in [5, 5.41) is 0. The van der Waals surface area contributed by atoms with Crippen LogP contribution in [0.1, 0.15) is 20.8 Å². The van der Waals surface area contributed by atoms with Gasteiger partial charge in [-0.3, -0.25) is 9.59 Å². The summed E-state index contributed by atoms with van der Waals surface area (Å²) in [6.07, 6.45) is 0. The van der Waals surface area contributed by atoms with E-state index in [0.717, 1.165) is 0 Å². The maximum Gasteiger partial charge on any atom is 0.323 e. The molecule has 0 bridgehead atoms. The first-order valence-electron chi connectivity index (χ1n) is 4.70. The van der Waals surface area contributed by atoms with Crippen molar-refractivity contribution in [3.05, 3.63) is 0 Å². The molecule has 4 nitrogen and oxygen atoms in total. The Morgan fingerprint density at radius 2 is 2.14 bits per heavy atom. The van der Waals surface area contributed by atoms with Gasteiger partial charge in [0.25, 0.3) is 0 Å². The summed E-state index contributed by atoms with van der Waals surface area (Å²) in [7, 11) is 1.28. The van der Waals surface area contributed by atoms with Gasteiger partial charge in [-0.05, 0) is 18.8 Å². The van der Waals surface area contributed by atoms with Gasteiger partial charge >= 0.3 is 11.9 Å². The molecule has 3 atom stereocenters. The zero-order chi connectivity index (χ0) is 10.9. The molecule has 4 heteroatoms. The number of esters is 2. The van der Waals surface area contributed by atoms with Crippen molar-refractivity contribution in [3.63, 3.8) is 0 Å². The molecule has 0 amide bonds. The summed E-state index contributed by atoms with van der Waals surface area (Å²) >= 11 is 0.